The number of nitrogens with zero attached hydrogens (tertiary/aromatic N) is 3. The summed E-state index contributed by atoms with van der Waals surface area (Å²) in [4.78, 5) is 17.0. The Morgan fingerprint density at radius 2 is 2.38 bits per heavy atom. The minimum Gasteiger partial charge on any atom is -0.482 e. The number of aryl methyl sites for hydroxylation is 1. The first-order valence-corrected chi connectivity index (χ1v) is 7.66. The van der Waals surface area contributed by atoms with E-state index in [4.69, 9.17) is 9.47 Å². The van der Waals surface area contributed by atoms with Gasteiger partial charge in [-0.25, -0.2) is 4.98 Å². The number of benzene rings is 1. The molecule has 1 aliphatic rings. The van der Waals surface area contributed by atoms with Crippen LogP contribution in [0.5, 0.6) is 5.75 Å². The van der Waals surface area contributed by atoms with Crippen LogP contribution in [0.2, 0.25) is 0 Å². The zero-order valence-corrected chi connectivity index (χ0v) is 13.1. The molecule has 0 radical (unpaired) electrons. The van der Waals surface area contributed by atoms with Crippen molar-refractivity contribution in [2.75, 3.05) is 13.2 Å². The molecule has 4 rings (SSSR count). The summed E-state index contributed by atoms with van der Waals surface area (Å²) >= 11 is 0. The Bertz CT molecular complexity index is 858. The summed E-state index contributed by atoms with van der Waals surface area (Å²) in [5, 5.41) is 9.55. The largest absolute Gasteiger partial charge is 0.482 e. The van der Waals surface area contributed by atoms with E-state index in [1.165, 1.54) is 0 Å². The van der Waals surface area contributed by atoms with Crippen molar-refractivity contribution in [3.8, 4) is 5.75 Å². The molecule has 124 valence electrons. The average Bonchev–Trinajstić information content (AvgIpc) is 3.31. The SMILES string of the molecule is Cn1cnc2cccc(C(=O)N[C@H]3COC[C@H]3Oc3cn[nH]c3)c21. The Hall–Kier alpha value is -2.87. The van der Waals surface area contributed by atoms with Crippen molar-refractivity contribution in [1.29, 1.82) is 0 Å². The van der Waals surface area contributed by atoms with E-state index in [2.05, 4.69) is 20.5 Å². The molecule has 1 saturated heterocycles. The van der Waals surface area contributed by atoms with E-state index in [1.807, 2.05) is 23.7 Å². The zero-order valence-electron chi connectivity index (χ0n) is 13.1. The minimum atomic E-state index is -0.253. The van der Waals surface area contributed by atoms with Gasteiger partial charge in [-0.2, -0.15) is 5.10 Å². The number of H-pyrrole nitrogens is 1. The summed E-state index contributed by atoms with van der Waals surface area (Å²) in [7, 11) is 1.87. The molecule has 0 bridgehead atoms. The van der Waals surface area contributed by atoms with Gasteiger partial charge in [-0.3, -0.25) is 9.89 Å². The van der Waals surface area contributed by atoms with Crippen LogP contribution in [0.15, 0.2) is 36.9 Å². The van der Waals surface area contributed by atoms with Crippen LogP contribution in [0.3, 0.4) is 0 Å². The molecule has 0 spiro atoms. The lowest BCUT2D eigenvalue weighted by atomic mass is 10.1. The fraction of sp³-hybridized carbons (Fsp3) is 0.312. The van der Waals surface area contributed by atoms with Crippen molar-refractivity contribution >= 4 is 16.9 Å². The molecule has 24 heavy (non-hydrogen) atoms. The fourth-order valence-electron chi connectivity index (χ4n) is 2.91. The standard InChI is InChI=1S/C16H17N5O3/c1-21-9-17-12-4-2-3-11(15(12)21)16(22)20-13-7-23-8-14(13)24-10-5-18-19-6-10/h2-6,9,13-14H,7-8H2,1H3,(H,18,19)(H,20,22)/t13-,14+/m0/s1. The van der Waals surface area contributed by atoms with Gasteiger partial charge in [0.05, 0.1) is 54.6 Å². The quantitative estimate of drug-likeness (QED) is 0.742. The van der Waals surface area contributed by atoms with Crippen LogP contribution in [0, 0.1) is 0 Å². The van der Waals surface area contributed by atoms with E-state index < -0.39 is 0 Å². The predicted molar refractivity (Wildman–Crippen MR) is 85.8 cm³/mol. The van der Waals surface area contributed by atoms with Gasteiger partial charge in [0, 0.05) is 7.05 Å². The number of carbonyl (C=O) groups is 1. The van der Waals surface area contributed by atoms with Gasteiger partial charge in [-0.15, -0.1) is 0 Å². The van der Waals surface area contributed by atoms with Crippen LogP contribution in [-0.4, -0.2) is 51.0 Å². The van der Waals surface area contributed by atoms with Crippen LogP contribution >= 0.6 is 0 Å². The third-order valence-electron chi connectivity index (χ3n) is 4.09. The first-order valence-electron chi connectivity index (χ1n) is 7.66. The monoisotopic (exact) mass is 327 g/mol. The van der Waals surface area contributed by atoms with Gasteiger partial charge >= 0.3 is 0 Å². The lowest BCUT2D eigenvalue weighted by Gasteiger charge is -2.20. The summed E-state index contributed by atoms with van der Waals surface area (Å²) < 4.78 is 13.1. The zero-order chi connectivity index (χ0) is 16.5. The molecule has 1 aromatic carbocycles. The predicted octanol–water partition coefficient (Wildman–Crippen LogP) is 0.873. The Morgan fingerprint density at radius 3 is 3.21 bits per heavy atom. The lowest BCUT2D eigenvalue weighted by Crippen LogP contribution is -2.45. The molecule has 1 aliphatic heterocycles. The highest BCUT2D eigenvalue weighted by molar-refractivity contribution is 6.05. The highest BCUT2D eigenvalue weighted by Gasteiger charge is 2.32. The maximum atomic E-state index is 12.7. The summed E-state index contributed by atoms with van der Waals surface area (Å²) in [5.41, 5.74) is 2.18. The molecule has 8 heteroatoms. The number of nitrogens with one attached hydrogen (secondary N) is 2. The van der Waals surface area contributed by atoms with Gasteiger partial charge < -0.3 is 19.4 Å². The smallest absolute Gasteiger partial charge is 0.253 e. The molecule has 2 atom stereocenters. The molecular formula is C16H17N5O3. The highest BCUT2D eigenvalue weighted by Crippen LogP contribution is 2.19. The van der Waals surface area contributed by atoms with E-state index in [0.29, 0.717) is 24.5 Å². The van der Waals surface area contributed by atoms with Crippen LogP contribution in [0.4, 0.5) is 0 Å². The average molecular weight is 327 g/mol. The minimum absolute atomic E-state index is 0.166. The van der Waals surface area contributed by atoms with E-state index >= 15 is 0 Å². The van der Waals surface area contributed by atoms with Gasteiger partial charge in [0.2, 0.25) is 0 Å². The van der Waals surface area contributed by atoms with Gasteiger partial charge in [0.15, 0.2) is 5.75 Å². The van der Waals surface area contributed by atoms with Crippen LogP contribution in [0.1, 0.15) is 10.4 Å². The number of para-hydroxylation sites is 1. The molecule has 2 N–H and O–H groups in total. The maximum Gasteiger partial charge on any atom is 0.253 e. The third-order valence-corrected chi connectivity index (χ3v) is 4.09. The number of carbonyl (C=O) groups excluding carboxylic acids is 1. The number of hydrogen-bond donors (Lipinski definition) is 2. The Kier molecular flexibility index (Phi) is 3.66. The summed E-state index contributed by atoms with van der Waals surface area (Å²) in [6.07, 6.45) is 4.70. The number of ether oxygens (including phenoxy) is 2. The van der Waals surface area contributed by atoms with Gasteiger partial charge in [-0.1, -0.05) is 6.07 Å². The number of hydrogen-bond acceptors (Lipinski definition) is 5. The molecule has 1 amide bonds. The van der Waals surface area contributed by atoms with Crippen LogP contribution in [-0.2, 0) is 11.8 Å². The van der Waals surface area contributed by atoms with Gasteiger partial charge in [0.25, 0.3) is 5.91 Å². The van der Waals surface area contributed by atoms with Crippen molar-refractivity contribution in [2.24, 2.45) is 7.05 Å². The molecule has 0 saturated carbocycles. The van der Waals surface area contributed by atoms with Crippen molar-refractivity contribution in [3.05, 3.63) is 42.5 Å². The normalized spacial score (nSPS) is 20.4. The molecule has 0 aliphatic carbocycles. The van der Waals surface area contributed by atoms with Crippen LogP contribution in [0.25, 0.3) is 11.0 Å². The third kappa shape index (κ3) is 2.61. The van der Waals surface area contributed by atoms with E-state index in [1.54, 1.807) is 24.8 Å². The maximum absolute atomic E-state index is 12.7. The molecule has 0 unspecified atom stereocenters. The van der Waals surface area contributed by atoms with E-state index in [9.17, 15) is 4.79 Å². The number of fused-ring (bicyclic) bond motifs is 1. The topological polar surface area (TPSA) is 94.1 Å². The molecule has 1 fully saturated rings. The first kappa shape index (κ1) is 14.7. The van der Waals surface area contributed by atoms with Gasteiger partial charge in [0.1, 0.15) is 6.10 Å². The fourth-order valence-corrected chi connectivity index (χ4v) is 2.91. The van der Waals surface area contributed by atoms with Crippen molar-refractivity contribution < 1.29 is 14.3 Å². The van der Waals surface area contributed by atoms with Crippen molar-refractivity contribution in [1.82, 2.24) is 25.1 Å². The second kappa shape index (κ2) is 5.97. The van der Waals surface area contributed by atoms with Crippen molar-refractivity contribution in [3.63, 3.8) is 0 Å². The molecule has 3 aromatic rings. The Balaban J connectivity index is 1.53. The van der Waals surface area contributed by atoms with Gasteiger partial charge in [-0.05, 0) is 12.1 Å². The van der Waals surface area contributed by atoms with E-state index in [-0.39, 0.29) is 18.1 Å². The number of aromatic nitrogens is 4. The number of imidazole rings is 1. The van der Waals surface area contributed by atoms with Crippen molar-refractivity contribution in [2.45, 2.75) is 12.1 Å². The van der Waals surface area contributed by atoms with E-state index in [0.717, 1.165) is 11.0 Å². The molecule has 8 nitrogen and oxygen atoms in total. The Labute approximate surface area is 137 Å². The lowest BCUT2D eigenvalue weighted by molar-refractivity contribution is 0.0905. The second-order valence-electron chi connectivity index (χ2n) is 5.74. The number of aromatic amines is 1. The molecule has 3 heterocycles. The number of amides is 1. The summed E-state index contributed by atoms with van der Waals surface area (Å²) in [5.74, 6) is 0.457. The van der Waals surface area contributed by atoms with Crippen LogP contribution < -0.4 is 10.1 Å². The summed E-state index contributed by atoms with van der Waals surface area (Å²) in [6.45, 7) is 0.835. The second-order valence-corrected chi connectivity index (χ2v) is 5.74. The summed E-state index contributed by atoms with van der Waals surface area (Å²) in [6, 6.07) is 5.28. The molecule has 2 aromatic heterocycles. The molecular weight excluding hydrogens is 310 g/mol. The number of rotatable bonds is 4. The first-order chi connectivity index (χ1) is 11.7. The Morgan fingerprint density at radius 1 is 1.46 bits per heavy atom. The highest BCUT2D eigenvalue weighted by atomic mass is 16.5.